The summed E-state index contributed by atoms with van der Waals surface area (Å²) in [4.78, 5) is 11.1. The van der Waals surface area contributed by atoms with E-state index in [9.17, 15) is 18.0 Å². The molecule has 0 heterocycles. The van der Waals surface area contributed by atoms with Gasteiger partial charge in [0.25, 0.3) is 0 Å². The van der Waals surface area contributed by atoms with Gasteiger partial charge in [-0.3, -0.25) is 4.79 Å². The van der Waals surface area contributed by atoms with Crippen LogP contribution in [0.5, 0.6) is 11.5 Å². The van der Waals surface area contributed by atoms with Crippen LogP contribution in [0.15, 0.2) is 255 Å². The van der Waals surface area contributed by atoms with Crippen LogP contribution >= 0.6 is 0 Å². The van der Waals surface area contributed by atoms with Crippen molar-refractivity contribution in [2.45, 2.75) is 256 Å². The van der Waals surface area contributed by atoms with Crippen molar-refractivity contribution in [2.75, 3.05) is 0 Å². The molecule has 0 aliphatic carbocycles. The molecule has 10 aromatic rings. The SMILES string of the molecule is CC(=O)c1cccc(C(C)(C)C)c1.CC(C)(C)c1ccc(-c2ccccc2)cc1.CC(C)(C)c1cccc(C#N)c1.CC(C)(C)c1cccc(C(F)(F)F)c1.CC(C)(C)c1cccc(CO)c1.CC(C)(C)c1cccc(Oc2ccccc2)c1.CC(C)c1cccc(C(C)(C)C)c1.Cc1cccc(C(C)(C)C)c1. The lowest BCUT2D eigenvalue weighted by molar-refractivity contribution is -0.137. The molecule has 578 valence electrons. The molecule has 0 fully saturated rings. The number of hydrogen-bond acceptors (Lipinski definition) is 4. The fraction of sp³-hybridized carbons (Fsp3) is 0.386. The van der Waals surface area contributed by atoms with Crippen LogP contribution in [0.4, 0.5) is 13.2 Å². The molecule has 10 rings (SSSR count). The Morgan fingerprint density at radius 2 is 0.713 bits per heavy atom. The molecule has 0 bridgehead atoms. The molecule has 0 radical (unpaired) electrons. The third-order valence-corrected chi connectivity index (χ3v) is 17.9. The lowest BCUT2D eigenvalue weighted by Gasteiger charge is -2.20. The first-order chi connectivity index (χ1) is 49.7. The maximum atomic E-state index is 12.4. The molecule has 0 saturated carbocycles. The number of halogens is 3. The monoisotopic (exact) mass is 1460 g/mol. The Morgan fingerprint density at radius 1 is 0.361 bits per heavy atom. The zero-order valence-corrected chi connectivity index (χ0v) is 70.9. The van der Waals surface area contributed by atoms with Crippen molar-refractivity contribution in [1.82, 2.24) is 0 Å². The Labute approximate surface area is 652 Å². The number of benzene rings is 10. The largest absolute Gasteiger partial charge is 0.457 e. The van der Waals surface area contributed by atoms with E-state index in [0.29, 0.717) is 11.5 Å². The Bertz CT molecular complexity index is 4310. The van der Waals surface area contributed by atoms with E-state index >= 15 is 0 Å². The standard InChI is InChI=1S/C16H18O.C16H18.C13H20.C12H16O.C11H13F3.C11H13N.C11H16O.C11H16/c1-16(2,3)13-8-7-11-15(12-13)17-14-9-5-4-6-10-14;1-16(2,3)15-11-9-14(10-12-15)13-7-5-4-6-8-13;1-10(2)11-7-6-8-12(9-11)13(3,4)5;1-9(13)10-6-5-7-11(8-10)12(2,3)4;1-10(2,3)8-5-4-6-9(7-8)11(12,13)14;2*1-11(2,3)10-6-4-5-9(7-10)8-12;1-9-6-5-7-10(8-9)11(2,3)4/h4-12H,1-3H3;4-12H,1-3H3;6-10H,1-5H3;5-8H,1-4H3;4-7H,1-3H3;4-7H,1-3H3;4-7,12H,8H2,1-3H3;5-8H,1-4H3. The van der Waals surface area contributed by atoms with Crippen LogP contribution in [0, 0.1) is 18.3 Å². The summed E-state index contributed by atoms with van der Waals surface area (Å²) in [6.45, 7) is 60.2. The van der Waals surface area contributed by atoms with Crippen LogP contribution in [0.3, 0.4) is 0 Å². The van der Waals surface area contributed by atoms with Crippen LogP contribution in [0.1, 0.15) is 276 Å². The number of ether oxygens (including phenoxy) is 1. The number of carbonyl (C=O) groups is 1. The minimum absolute atomic E-state index is 0.117. The Morgan fingerprint density at radius 3 is 1.14 bits per heavy atom. The molecule has 1 N–H and O–H groups in total. The van der Waals surface area contributed by atoms with E-state index in [1.165, 1.54) is 73.3 Å². The number of para-hydroxylation sites is 1. The molecule has 0 aromatic heterocycles. The van der Waals surface area contributed by atoms with Crippen LogP contribution in [-0.2, 0) is 56.1 Å². The Kier molecular flexibility index (Phi) is 35.3. The van der Waals surface area contributed by atoms with E-state index in [-0.39, 0.29) is 55.7 Å². The highest BCUT2D eigenvalue weighted by Gasteiger charge is 2.31. The first-order valence-electron chi connectivity index (χ1n) is 37.9. The van der Waals surface area contributed by atoms with Gasteiger partial charge in [0.15, 0.2) is 5.78 Å². The number of aliphatic hydroxyl groups excluding tert-OH is 1. The van der Waals surface area contributed by atoms with E-state index in [1.54, 1.807) is 13.0 Å². The molecule has 0 saturated heterocycles. The summed E-state index contributed by atoms with van der Waals surface area (Å²) in [5, 5.41) is 17.6. The van der Waals surface area contributed by atoms with E-state index < -0.39 is 11.7 Å². The number of hydrogen-bond donors (Lipinski definition) is 1. The fourth-order valence-electron chi connectivity index (χ4n) is 10.5. The summed E-state index contributed by atoms with van der Waals surface area (Å²) in [6, 6.07) is 86.4. The van der Waals surface area contributed by atoms with Crippen molar-refractivity contribution in [2.24, 2.45) is 0 Å². The first kappa shape index (κ1) is 93.1. The lowest BCUT2D eigenvalue weighted by atomic mass is 9.85. The quantitative estimate of drug-likeness (QED) is 0.168. The number of aliphatic hydroxyl groups is 1. The van der Waals surface area contributed by atoms with Gasteiger partial charge in [-0.15, -0.1) is 0 Å². The molecular formula is C101H130F3NO3. The zero-order valence-electron chi connectivity index (χ0n) is 70.9. The van der Waals surface area contributed by atoms with Gasteiger partial charge in [0.2, 0.25) is 0 Å². The number of nitriles is 1. The lowest BCUT2D eigenvalue weighted by Crippen LogP contribution is -2.13. The van der Waals surface area contributed by atoms with Crippen LogP contribution in [-0.4, -0.2) is 10.9 Å². The van der Waals surface area contributed by atoms with Gasteiger partial charge in [0.05, 0.1) is 23.8 Å². The van der Waals surface area contributed by atoms with Crippen molar-refractivity contribution in [3.63, 3.8) is 0 Å². The van der Waals surface area contributed by atoms with Crippen LogP contribution < -0.4 is 4.74 Å². The number of carbonyl (C=O) groups excluding carboxylic acids is 1. The van der Waals surface area contributed by atoms with Gasteiger partial charge in [-0.1, -0.05) is 392 Å². The van der Waals surface area contributed by atoms with Gasteiger partial charge in [0, 0.05) is 5.56 Å². The van der Waals surface area contributed by atoms with Crippen LogP contribution in [0.25, 0.3) is 11.1 Å². The zero-order chi connectivity index (χ0) is 81.9. The number of rotatable bonds is 6. The number of nitrogens with zero attached hydrogens (tertiary/aromatic N) is 1. The van der Waals surface area contributed by atoms with Gasteiger partial charge < -0.3 is 9.84 Å². The molecule has 0 unspecified atom stereocenters. The predicted octanol–water partition coefficient (Wildman–Crippen LogP) is 29.3. The predicted molar refractivity (Wildman–Crippen MR) is 458 cm³/mol. The third kappa shape index (κ3) is 34.4. The van der Waals surface area contributed by atoms with Gasteiger partial charge >= 0.3 is 6.18 Å². The molecule has 0 atom stereocenters. The molecule has 0 spiro atoms. The summed E-state index contributed by atoms with van der Waals surface area (Å²) in [7, 11) is 0. The van der Waals surface area contributed by atoms with E-state index in [4.69, 9.17) is 15.1 Å². The van der Waals surface area contributed by atoms with Crippen molar-refractivity contribution in [1.29, 1.82) is 5.26 Å². The van der Waals surface area contributed by atoms with Crippen molar-refractivity contribution in [3.8, 4) is 28.7 Å². The van der Waals surface area contributed by atoms with Gasteiger partial charge in [-0.25, -0.2) is 0 Å². The molecule has 7 heteroatoms. The second-order valence-electron chi connectivity index (χ2n) is 36.3. The average molecular weight is 1460 g/mol. The molecule has 108 heavy (non-hydrogen) atoms. The van der Waals surface area contributed by atoms with Gasteiger partial charge in [0.1, 0.15) is 11.5 Å². The Balaban J connectivity index is 0.000000321. The topological polar surface area (TPSA) is 70.3 Å². The van der Waals surface area contributed by atoms with Crippen molar-refractivity contribution in [3.05, 3.63) is 333 Å². The summed E-state index contributed by atoms with van der Waals surface area (Å²) >= 11 is 0. The third-order valence-electron chi connectivity index (χ3n) is 17.9. The number of ketones is 1. The molecule has 0 aliphatic rings. The minimum Gasteiger partial charge on any atom is -0.457 e. The molecular weight excluding hydrogens is 1330 g/mol. The highest BCUT2D eigenvalue weighted by Crippen LogP contribution is 2.35. The molecule has 4 nitrogen and oxygen atoms in total. The number of Topliss-reactive ketones (excluding diaryl/α,β-unsaturated/α-hetero) is 1. The van der Waals surface area contributed by atoms with Crippen LogP contribution in [0.2, 0.25) is 0 Å². The number of aryl methyl sites for hydroxylation is 1. The summed E-state index contributed by atoms with van der Waals surface area (Å²) in [5.74, 6) is 2.52. The normalized spacial score (nSPS) is 11.7. The second-order valence-corrected chi connectivity index (χ2v) is 36.3. The summed E-state index contributed by atoms with van der Waals surface area (Å²) in [6.07, 6.45) is -4.25. The molecule has 10 aromatic carbocycles. The van der Waals surface area contributed by atoms with Gasteiger partial charge in [-0.05, 0) is 178 Å². The minimum atomic E-state index is -4.25. The van der Waals surface area contributed by atoms with E-state index in [2.05, 4.69) is 306 Å². The summed E-state index contributed by atoms with van der Waals surface area (Å²) < 4.78 is 42.9. The van der Waals surface area contributed by atoms with Gasteiger partial charge in [-0.2, -0.15) is 18.4 Å². The van der Waals surface area contributed by atoms with E-state index in [1.807, 2.05) is 118 Å². The second kappa shape index (κ2) is 40.9. The summed E-state index contributed by atoms with van der Waals surface area (Å²) in [5.41, 5.74) is 18.3. The maximum absolute atomic E-state index is 12.4. The maximum Gasteiger partial charge on any atom is 0.416 e. The Hall–Kier alpha value is -9.09. The fourth-order valence-corrected chi connectivity index (χ4v) is 10.5. The van der Waals surface area contributed by atoms with Crippen molar-refractivity contribution < 1.29 is 27.8 Å². The van der Waals surface area contributed by atoms with Crippen molar-refractivity contribution >= 4 is 5.78 Å². The first-order valence-corrected chi connectivity index (χ1v) is 37.9. The average Bonchev–Trinajstić information content (AvgIpc) is 0.837. The number of alkyl halides is 3. The molecule has 0 aliphatic heterocycles. The van der Waals surface area contributed by atoms with E-state index in [0.717, 1.165) is 34.3 Å². The molecule has 0 amide bonds. The highest BCUT2D eigenvalue weighted by molar-refractivity contribution is 5.94. The smallest absolute Gasteiger partial charge is 0.416 e. The highest BCUT2D eigenvalue weighted by atomic mass is 19.4.